The summed E-state index contributed by atoms with van der Waals surface area (Å²) in [4.78, 5) is 20.2. The zero-order chi connectivity index (χ0) is 13.7. The van der Waals surface area contributed by atoms with Gasteiger partial charge in [-0.05, 0) is 31.2 Å². The van der Waals surface area contributed by atoms with E-state index in [1.807, 2.05) is 25.1 Å². The van der Waals surface area contributed by atoms with Crippen molar-refractivity contribution < 1.29 is 4.79 Å². The number of halogens is 1. The molecule has 0 fully saturated rings. The molecule has 0 aliphatic heterocycles. The fourth-order valence-corrected chi connectivity index (χ4v) is 2.25. The van der Waals surface area contributed by atoms with Gasteiger partial charge in [0, 0.05) is 12.4 Å². The smallest absolute Gasteiger partial charge is 0.238 e. The summed E-state index contributed by atoms with van der Waals surface area (Å²) in [6, 6.07) is 8.95. The van der Waals surface area contributed by atoms with E-state index < -0.39 is 0 Å². The van der Waals surface area contributed by atoms with E-state index in [9.17, 15) is 4.79 Å². The fraction of sp³-hybridized carbons (Fsp3) is 0.154. The SMILES string of the molecule is CC(Sc1ccccn1)C(=O)Nc1ccc(Cl)cn1. The molecule has 2 aromatic heterocycles. The number of nitrogens with one attached hydrogen (secondary N) is 1. The lowest BCUT2D eigenvalue weighted by atomic mass is 10.4. The van der Waals surface area contributed by atoms with Crippen molar-refractivity contribution >= 4 is 35.1 Å². The molecule has 0 aliphatic rings. The Morgan fingerprint density at radius 3 is 2.79 bits per heavy atom. The number of carbonyl (C=O) groups excluding carboxylic acids is 1. The molecule has 0 radical (unpaired) electrons. The molecule has 19 heavy (non-hydrogen) atoms. The van der Waals surface area contributed by atoms with Crippen molar-refractivity contribution in [1.29, 1.82) is 0 Å². The highest BCUT2D eigenvalue weighted by molar-refractivity contribution is 8.00. The predicted octanol–water partition coefficient (Wildman–Crippen LogP) is 3.25. The summed E-state index contributed by atoms with van der Waals surface area (Å²) >= 11 is 7.13. The van der Waals surface area contributed by atoms with Crippen LogP contribution in [-0.2, 0) is 4.79 Å². The van der Waals surface area contributed by atoms with Crippen LogP contribution in [0.4, 0.5) is 5.82 Å². The molecule has 0 bridgehead atoms. The minimum atomic E-state index is -0.257. The van der Waals surface area contributed by atoms with E-state index in [4.69, 9.17) is 11.6 Å². The average Bonchev–Trinajstić information content (AvgIpc) is 2.42. The van der Waals surface area contributed by atoms with Crippen LogP contribution in [0.2, 0.25) is 5.02 Å². The Morgan fingerprint density at radius 2 is 2.16 bits per heavy atom. The minimum Gasteiger partial charge on any atom is -0.310 e. The highest BCUT2D eigenvalue weighted by Crippen LogP contribution is 2.21. The van der Waals surface area contributed by atoms with Gasteiger partial charge in [0.1, 0.15) is 5.82 Å². The van der Waals surface area contributed by atoms with Crippen LogP contribution in [0.15, 0.2) is 47.8 Å². The number of rotatable bonds is 4. The second-order valence-corrected chi connectivity index (χ2v) is 5.58. The molecule has 2 heterocycles. The molecule has 2 aromatic rings. The lowest BCUT2D eigenvalue weighted by Crippen LogP contribution is -2.22. The molecule has 1 atom stereocenters. The van der Waals surface area contributed by atoms with Gasteiger partial charge in [0.25, 0.3) is 0 Å². The molecule has 1 amide bonds. The van der Waals surface area contributed by atoms with Crippen LogP contribution >= 0.6 is 23.4 Å². The first-order chi connectivity index (χ1) is 9.15. The first-order valence-electron chi connectivity index (χ1n) is 5.65. The molecular formula is C13H12ClN3OS. The number of carbonyl (C=O) groups is 1. The van der Waals surface area contributed by atoms with Crippen LogP contribution in [0.25, 0.3) is 0 Å². The molecule has 0 saturated heterocycles. The van der Waals surface area contributed by atoms with E-state index in [-0.39, 0.29) is 11.2 Å². The molecule has 4 nitrogen and oxygen atoms in total. The molecule has 6 heteroatoms. The standard InChI is InChI=1S/C13H12ClN3OS/c1-9(19-12-4-2-3-7-15-12)13(18)17-11-6-5-10(14)8-16-11/h2-9H,1H3,(H,16,17,18). The zero-order valence-electron chi connectivity index (χ0n) is 10.2. The molecular weight excluding hydrogens is 282 g/mol. The minimum absolute atomic E-state index is 0.120. The lowest BCUT2D eigenvalue weighted by molar-refractivity contribution is -0.115. The van der Waals surface area contributed by atoms with Crippen molar-refractivity contribution in [3.63, 3.8) is 0 Å². The van der Waals surface area contributed by atoms with Gasteiger partial charge in [0.2, 0.25) is 5.91 Å². The molecule has 0 spiro atoms. The molecule has 1 N–H and O–H groups in total. The summed E-state index contributed by atoms with van der Waals surface area (Å²) in [6.07, 6.45) is 3.20. The van der Waals surface area contributed by atoms with Gasteiger partial charge >= 0.3 is 0 Å². The number of pyridine rings is 2. The Hall–Kier alpha value is -1.59. The van der Waals surface area contributed by atoms with Gasteiger partial charge in [-0.15, -0.1) is 0 Å². The van der Waals surface area contributed by atoms with Crippen molar-refractivity contribution in [2.45, 2.75) is 17.2 Å². The average molecular weight is 294 g/mol. The number of nitrogens with zero attached hydrogens (tertiary/aromatic N) is 2. The van der Waals surface area contributed by atoms with E-state index in [1.165, 1.54) is 18.0 Å². The van der Waals surface area contributed by atoms with Crippen molar-refractivity contribution in [2.75, 3.05) is 5.32 Å². The Morgan fingerprint density at radius 1 is 1.32 bits per heavy atom. The molecule has 1 unspecified atom stereocenters. The van der Waals surface area contributed by atoms with E-state index in [1.54, 1.807) is 18.3 Å². The number of aromatic nitrogens is 2. The summed E-state index contributed by atoms with van der Waals surface area (Å²) in [5.41, 5.74) is 0. The Bertz CT molecular complexity index is 548. The third-order valence-corrected chi connectivity index (χ3v) is 3.56. The molecule has 2 rings (SSSR count). The maximum Gasteiger partial charge on any atom is 0.238 e. The summed E-state index contributed by atoms with van der Waals surface area (Å²) in [7, 11) is 0. The predicted molar refractivity (Wildman–Crippen MR) is 77.4 cm³/mol. The quantitative estimate of drug-likeness (QED) is 0.879. The lowest BCUT2D eigenvalue weighted by Gasteiger charge is -2.10. The summed E-state index contributed by atoms with van der Waals surface area (Å²) in [5, 5.41) is 3.82. The monoisotopic (exact) mass is 293 g/mol. The van der Waals surface area contributed by atoms with E-state index in [2.05, 4.69) is 15.3 Å². The van der Waals surface area contributed by atoms with E-state index >= 15 is 0 Å². The fourth-order valence-electron chi connectivity index (χ4n) is 1.33. The summed E-state index contributed by atoms with van der Waals surface area (Å²) < 4.78 is 0. The van der Waals surface area contributed by atoms with Crippen LogP contribution in [0, 0.1) is 0 Å². The summed E-state index contributed by atoms with van der Waals surface area (Å²) in [6.45, 7) is 1.82. The van der Waals surface area contributed by atoms with Crippen LogP contribution in [0.3, 0.4) is 0 Å². The second kappa shape index (κ2) is 6.54. The number of thioether (sulfide) groups is 1. The zero-order valence-corrected chi connectivity index (χ0v) is 11.8. The maximum atomic E-state index is 12.0. The van der Waals surface area contributed by atoms with Crippen LogP contribution < -0.4 is 5.32 Å². The molecule has 0 aliphatic carbocycles. The van der Waals surface area contributed by atoms with Gasteiger partial charge in [-0.1, -0.05) is 29.4 Å². The number of hydrogen-bond donors (Lipinski definition) is 1. The Kier molecular flexibility index (Phi) is 4.76. The van der Waals surface area contributed by atoms with Crippen molar-refractivity contribution in [3.05, 3.63) is 47.7 Å². The van der Waals surface area contributed by atoms with Crippen molar-refractivity contribution in [2.24, 2.45) is 0 Å². The van der Waals surface area contributed by atoms with Gasteiger partial charge in [-0.25, -0.2) is 9.97 Å². The maximum absolute atomic E-state index is 12.0. The van der Waals surface area contributed by atoms with Gasteiger partial charge < -0.3 is 5.32 Å². The molecule has 98 valence electrons. The third-order valence-electron chi connectivity index (χ3n) is 2.28. The van der Waals surface area contributed by atoms with Gasteiger partial charge in [0.15, 0.2) is 0 Å². The van der Waals surface area contributed by atoms with Gasteiger partial charge in [-0.3, -0.25) is 4.79 Å². The van der Waals surface area contributed by atoms with E-state index in [0.717, 1.165) is 5.03 Å². The number of amides is 1. The van der Waals surface area contributed by atoms with Crippen molar-refractivity contribution in [3.8, 4) is 0 Å². The van der Waals surface area contributed by atoms with E-state index in [0.29, 0.717) is 10.8 Å². The van der Waals surface area contributed by atoms with Gasteiger partial charge in [0.05, 0.1) is 15.3 Å². The normalized spacial score (nSPS) is 11.9. The van der Waals surface area contributed by atoms with Crippen LogP contribution in [0.1, 0.15) is 6.92 Å². The first-order valence-corrected chi connectivity index (χ1v) is 6.91. The van der Waals surface area contributed by atoms with Crippen molar-refractivity contribution in [1.82, 2.24) is 9.97 Å². The number of hydrogen-bond acceptors (Lipinski definition) is 4. The van der Waals surface area contributed by atoms with Crippen LogP contribution in [-0.4, -0.2) is 21.1 Å². The summed E-state index contributed by atoms with van der Waals surface area (Å²) in [5.74, 6) is 0.369. The highest BCUT2D eigenvalue weighted by Gasteiger charge is 2.15. The van der Waals surface area contributed by atoms with Gasteiger partial charge in [-0.2, -0.15) is 0 Å². The third kappa shape index (κ3) is 4.22. The first kappa shape index (κ1) is 13.8. The Labute approximate surface area is 120 Å². The Balaban J connectivity index is 1.94. The molecule has 0 saturated carbocycles. The topological polar surface area (TPSA) is 54.9 Å². The number of anilines is 1. The second-order valence-electron chi connectivity index (χ2n) is 3.78. The van der Waals surface area contributed by atoms with Crippen LogP contribution in [0.5, 0.6) is 0 Å². The largest absolute Gasteiger partial charge is 0.310 e. The molecule has 0 aromatic carbocycles. The highest BCUT2D eigenvalue weighted by atomic mass is 35.5.